The predicted molar refractivity (Wildman–Crippen MR) is 79.0 cm³/mol. The predicted octanol–water partition coefficient (Wildman–Crippen LogP) is 2.19. The first kappa shape index (κ1) is 13.6. The molecule has 0 bridgehead atoms. The molecule has 3 heteroatoms. The van der Waals surface area contributed by atoms with Crippen molar-refractivity contribution in [2.45, 2.75) is 12.8 Å². The highest BCUT2D eigenvalue weighted by molar-refractivity contribution is 5.85. The Balaban J connectivity index is 2.06. The second kappa shape index (κ2) is 6.34. The highest BCUT2D eigenvalue weighted by Gasteiger charge is 2.09. The van der Waals surface area contributed by atoms with E-state index in [2.05, 4.69) is 24.3 Å². The Morgan fingerprint density at radius 3 is 2.63 bits per heavy atom. The number of rotatable bonds is 5. The van der Waals surface area contributed by atoms with Crippen molar-refractivity contribution in [1.82, 2.24) is 4.90 Å². The molecule has 2 rings (SSSR count). The molecular formula is C16H20N2O. The smallest absolute Gasteiger partial charge is 0.226 e. The van der Waals surface area contributed by atoms with Crippen molar-refractivity contribution < 1.29 is 4.79 Å². The van der Waals surface area contributed by atoms with Gasteiger partial charge in [-0.15, -0.1) is 0 Å². The Bertz CT molecular complexity index is 565. The van der Waals surface area contributed by atoms with Gasteiger partial charge < -0.3 is 10.6 Å². The number of likely N-dealkylation sites (N-methyl/N-ethyl adjacent to an activating group) is 1. The summed E-state index contributed by atoms with van der Waals surface area (Å²) in [6.07, 6.45) is 1.30. The maximum Gasteiger partial charge on any atom is 0.226 e. The summed E-state index contributed by atoms with van der Waals surface area (Å²) in [6, 6.07) is 14.4. The second-order valence-corrected chi connectivity index (χ2v) is 4.82. The monoisotopic (exact) mass is 256 g/mol. The van der Waals surface area contributed by atoms with Crippen molar-refractivity contribution in [1.29, 1.82) is 0 Å². The zero-order valence-electron chi connectivity index (χ0n) is 11.3. The Morgan fingerprint density at radius 1 is 1.16 bits per heavy atom. The van der Waals surface area contributed by atoms with E-state index in [0.29, 0.717) is 13.0 Å². The zero-order valence-corrected chi connectivity index (χ0v) is 11.3. The van der Waals surface area contributed by atoms with E-state index in [4.69, 9.17) is 5.73 Å². The van der Waals surface area contributed by atoms with Crippen molar-refractivity contribution in [3.05, 3.63) is 48.0 Å². The van der Waals surface area contributed by atoms with E-state index in [1.54, 1.807) is 4.90 Å². The molecule has 0 aliphatic heterocycles. The maximum absolute atomic E-state index is 12.0. The van der Waals surface area contributed by atoms with Crippen LogP contribution < -0.4 is 5.73 Å². The van der Waals surface area contributed by atoms with E-state index < -0.39 is 0 Å². The van der Waals surface area contributed by atoms with Gasteiger partial charge in [-0.05, 0) is 29.3 Å². The molecule has 3 nitrogen and oxygen atoms in total. The van der Waals surface area contributed by atoms with Gasteiger partial charge in [-0.3, -0.25) is 4.79 Å². The molecule has 0 atom stereocenters. The molecule has 2 aromatic rings. The Morgan fingerprint density at radius 2 is 1.89 bits per heavy atom. The van der Waals surface area contributed by atoms with Crippen LogP contribution in [-0.4, -0.2) is 30.9 Å². The number of hydrogen-bond acceptors (Lipinski definition) is 2. The number of nitrogens with zero attached hydrogens (tertiary/aromatic N) is 1. The SMILES string of the molecule is CN(CCCN)C(=O)Cc1ccc2ccccc2c1. The molecule has 0 aliphatic rings. The van der Waals surface area contributed by atoms with E-state index in [9.17, 15) is 4.79 Å². The summed E-state index contributed by atoms with van der Waals surface area (Å²) in [5.41, 5.74) is 6.51. The molecule has 0 heterocycles. The normalized spacial score (nSPS) is 10.6. The maximum atomic E-state index is 12.0. The molecule has 1 amide bonds. The summed E-state index contributed by atoms with van der Waals surface area (Å²) in [5.74, 6) is 0.142. The molecule has 0 fully saturated rings. The average Bonchev–Trinajstić information content (AvgIpc) is 2.44. The first-order chi connectivity index (χ1) is 9.20. The van der Waals surface area contributed by atoms with E-state index in [1.807, 2.05) is 25.2 Å². The van der Waals surface area contributed by atoms with Crippen LogP contribution in [0.25, 0.3) is 10.8 Å². The van der Waals surface area contributed by atoms with Crippen LogP contribution in [0.5, 0.6) is 0 Å². The summed E-state index contributed by atoms with van der Waals surface area (Å²) in [7, 11) is 1.83. The molecule has 0 aromatic heterocycles. The summed E-state index contributed by atoms with van der Waals surface area (Å²) in [4.78, 5) is 13.8. The van der Waals surface area contributed by atoms with E-state index in [-0.39, 0.29) is 5.91 Å². The largest absolute Gasteiger partial charge is 0.345 e. The van der Waals surface area contributed by atoms with Gasteiger partial charge in [-0.2, -0.15) is 0 Å². The average molecular weight is 256 g/mol. The Kier molecular flexibility index (Phi) is 4.53. The van der Waals surface area contributed by atoms with Crippen LogP contribution in [0.1, 0.15) is 12.0 Å². The minimum Gasteiger partial charge on any atom is -0.345 e. The van der Waals surface area contributed by atoms with Crippen molar-refractivity contribution in [2.24, 2.45) is 5.73 Å². The van der Waals surface area contributed by atoms with Crippen LogP contribution in [0.4, 0.5) is 0 Å². The van der Waals surface area contributed by atoms with E-state index in [0.717, 1.165) is 18.5 Å². The molecule has 2 aromatic carbocycles. The van der Waals surface area contributed by atoms with Crippen LogP contribution in [0.15, 0.2) is 42.5 Å². The van der Waals surface area contributed by atoms with Gasteiger partial charge in [0.15, 0.2) is 0 Å². The van der Waals surface area contributed by atoms with Crippen molar-refractivity contribution >= 4 is 16.7 Å². The summed E-state index contributed by atoms with van der Waals surface area (Å²) < 4.78 is 0. The van der Waals surface area contributed by atoms with Gasteiger partial charge in [-0.25, -0.2) is 0 Å². The molecule has 2 N–H and O–H groups in total. The number of benzene rings is 2. The van der Waals surface area contributed by atoms with E-state index in [1.165, 1.54) is 10.8 Å². The van der Waals surface area contributed by atoms with Gasteiger partial charge in [0, 0.05) is 13.6 Å². The molecule has 0 saturated carbocycles. The van der Waals surface area contributed by atoms with Crippen molar-refractivity contribution in [3.8, 4) is 0 Å². The lowest BCUT2D eigenvalue weighted by Gasteiger charge is -2.16. The lowest BCUT2D eigenvalue weighted by molar-refractivity contribution is -0.129. The number of nitrogens with two attached hydrogens (primary N) is 1. The van der Waals surface area contributed by atoms with Crippen LogP contribution in [0.3, 0.4) is 0 Å². The number of amides is 1. The molecule has 0 radical (unpaired) electrons. The first-order valence-corrected chi connectivity index (χ1v) is 6.62. The molecule has 0 spiro atoms. The number of carbonyl (C=O) groups excluding carboxylic acids is 1. The number of hydrogen-bond donors (Lipinski definition) is 1. The van der Waals surface area contributed by atoms with Crippen LogP contribution in [0, 0.1) is 0 Å². The van der Waals surface area contributed by atoms with Crippen molar-refractivity contribution in [3.63, 3.8) is 0 Å². The first-order valence-electron chi connectivity index (χ1n) is 6.62. The van der Waals surface area contributed by atoms with Gasteiger partial charge in [-0.1, -0.05) is 42.5 Å². The van der Waals surface area contributed by atoms with Crippen LogP contribution in [0.2, 0.25) is 0 Å². The lowest BCUT2D eigenvalue weighted by atomic mass is 10.0. The van der Waals surface area contributed by atoms with Gasteiger partial charge in [0.25, 0.3) is 0 Å². The molecule has 19 heavy (non-hydrogen) atoms. The summed E-state index contributed by atoms with van der Waals surface area (Å²) in [5, 5.41) is 2.38. The second-order valence-electron chi connectivity index (χ2n) is 4.82. The fraction of sp³-hybridized carbons (Fsp3) is 0.312. The highest BCUT2D eigenvalue weighted by Crippen LogP contribution is 2.16. The highest BCUT2D eigenvalue weighted by atomic mass is 16.2. The minimum absolute atomic E-state index is 0.142. The van der Waals surface area contributed by atoms with Gasteiger partial charge >= 0.3 is 0 Å². The zero-order chi connectivity index (χ0) is 13.7. The van der Waals surface area contributed by atoms with Crippen molar-refractivity contribution in [2.75, 3.05) is 20.1 Å². The fourth-order valence-electron chi connectivity index (χ4n) is 2.11. The molecule has 0 unspecified atom stereocenters. The molecule has 0 aliphatic carbocycles. The third-order valence-electron chi connectivity index (χ3n) is 3.29. The van der Waals surface area contributed by atoms with Gasteiger partial charge in [0.1, 0.15) is 0 Å². The standard InChI is InChI=1S/C16H20N2O/c1-18(10-4-9-17)16(19)12-13-7-8-14-5-2-3-6-15(14)11-13/h2-3,5-8,11H,4,9-10,12,17H2,1H3. The molecule has 0 saturated heterocycles. The number of fused-ring (bicyclic) bond motifs is 1. The quantitative estimate of drug-likeness (QED) is 0.891. The van der Waals surface area contributed by atoms with Crippen LogP contribution >= 0.6 is 0 Å². The topological polar surface area (TPSA) is 46.3 Å². The third kappa shape index (κ3) is 3.55. The fourth-order valence-corrected chi connectivity index (χ4v) is 2.11. The molecular weight excluding hydrogens is 236 g/mol. The molecule has 100 valence electrons. The lowest BCUT2D eigenvalue weighted by Crippen LogP contribution is -2.30. The summed E-state index contributed by atoms with van der Waals surface area (Å²) in [6.45, 7) is 1.34. The Hall–Kier alpha value is -1.87. The van der Waals surface area contributed by atoms with E-state index >= 15 is 0 Å². The van der Waals surface area contributed by atoms with Gasteiger partial charge in [0.2, 0.25) is 5.91 Å². The van der Waals surface area contributed by atoms with Crippen LogP contribution in [-0.2, 0) is 11.2 Å². The summed E-state index contributed by atoms with van der Waals surface area (Å²) >= 11 is 0. The number of carbonyl (C=O) groups is 1. The Labute approximate surface area is 114 Å². The van der Waals surface area contributed by atoms with Gasteiger partial charge in [0.05, 0.1) is 6.42 Å². The minimum atomic E-state index is 0.142. The third-order valence-corrected chi connectivity index (χ3v) is 3.29.